The number of aromatic nitrogens is 1. The summed E-state index contributed by atoms with van der Waals surface area (Å²) in [5.74, 6) is -0.843. The molecule has 6 nitrogen and oxygen atoms in total. The van der Waals surface area contributed by atoms with Crippen LogP contribution in [0.15, 0.2) is 17.2 Å². The Morgan fingerprint density at radius 1 is 1.53 bits per heavy atom. The minimum absolute atomic E-state index is 0.109. The molecule has 0 aliphatic heterocycles. The molecule has 1 rings (SSSR count). The predicted octanol–water partition coefficient (Wildman–Crippen LogP) is -0.544. The van der Waals surface area contributed by atoms with Gasteiger partial charge >= 0.3 is 0 Å². The first kappa shape index (κ1) is 11.1. The van der Waals surface area contributed by atoms with Gasteiger partial charge < -0.3 is 5.73 Å². The van der Waals surface area contributed by atoms with Crippen LogP contribution in [0.5, 0.6) is 0 Å². The Hall–Kier alpha value is -1.94. The van der Waals surface area contributed by atoms with Crippen LogP contribution in [-0.2, 0) is 9.84 Å². The van der Waals surface area contributed by atoms with Gasteiger partial charge in [-0.15, -0.1) is 0 Å². The molecular weight excluding hydrogens is 218 g/mol. The first-order valence-corrected chi connectivity index (χ1v) is 5.66. The Balaban J connectivity index is 3.55. The molecule has 0 aliphatic rings. The van der Waals surface area contributed by atoms with Crippen molar-refractivity contribution in [2.45, 2.75) is 5.03 Å². The van der Waals surface area contributed by atoms with E-state index >= 15 is 0 Å². The number of hydrogen-bond donors (Lipinski definition) is 1. The van der Waals surface area contributed by atoms with Crippen LogP contribution in [0.4, 0.5) is 0 Å². The van der Waals surface area contributed by atoms with Crippen molar-refractivity contribution in [3.05, 3.63) is 23.4 Å². The molecule has 7 heteroatoms. The van der Waals surface area contributed by atoms with Gasteiger partial charge in [0.15, 0.2) is 14.9 Å². The van der Waals surface area contributed by atoms with Crippen LogP contribution in [-0.4, -0.2) is 25.6 Å². The zero-order chi connectivity index (χ0) is 11.6. The molecule has 0 spiro atoms. The smallest absolute Gasteiger partial charge is 0.267 e. The number of nitrogens with two attached hydrogens (primary N) is 1. The zero-order valence-corrected chi connectivity index (χ0v) is 8.58. The number of amides is 1. The van der Waals surface area contributed by atoms with Gasteiger partial charge in [0, 0.05) is 6.26 Å². The summed E-state index contributed by atoms with van der Waals surface area (Å²) in [5, 5.41) is 8.21. The van der Waals surface area contributed by atoms with Crippen LogP contribution >= 0.6 is 0 Å². The molecule has 0 saturated carbocycles. The van der Waals surface area contributed by atoms with Crippen molar-refractivity contribution < 1.29 is 13.2 Å². The normalized spacial score (nSPS) is 10.7. The number of rotatable bonds is 2. The fourth-order valence-corrected chi connectivity index (χ4v) is 1.72. The minimum atomic E-state index is -3.64. The van der Waals surface area contributed by atoms with E-state index in [4.69, 9.17) is 11.0 Å². The van der Waals surface area contributed by atoms with Crippen molar-refractivity contribution in [3.8, 4) is 6.07 Å². The van der Waals surface area contributed by atoms with Crippen LogP contribution in [0.2, 0.25) is 0 Å². The summed E-state index contributed by atoms with van der Waals surface area (Å²) >= 11 is 0. The maximum absolute atomic E-state index is 11.2. The number of primary amides is 1. The van der Waals surface area contributed by atoms with Crippen molar-refractivity contribution in [2.24, 2.45) is 5.73 Å². The number of nitriles is 1. The van der Waals surface area contributed by atoms with Crippen molar-refractivity contribution in [1.29, 1.82) is 5.26 Å². The fourth-order valence-electron chi connectivity index (χ4n) is 0.945. The lowest BCUT2D eigenvalue weighted by atomic mass is 10.2. The van der Waals surface area contributed by atoms with E-state index in [1.807, 2.05) is 0 Å². The van der Waals surface area contributed by atoms with Crippen LogP contribution in [0.25, 0.3) is 0 Å². The number of sulfone groups is 1. The molecule has 0 unspecified atom stereocenters. The highest BCUT2D eigenvalue weighted by atomic mass is 32.2. The summed E-state index contributed by atoms with van der Waals surface area (Å²) in [6.45, 7) is 0. The standard InChI is InChI=1S/C8H7N3O3S/c1-15(13,14)8-5(4-9)2-3-6(11-8)7(10)12/h2-3H,1H3,(H2,10,12). The third-order valence-corrected chi connectivity index (χ3v) is 2.60. The molecule has 0 saturated heterocycles. The second kappa shape index (κ2) is 3.67. The van der Waals surface area contributed by atoms with Gasteiger partial charge in [-0.05, 0) is 12.1 Å². The van der Waals surface area contributed by atoms with E-state index in [1.165, 1.54) is 12.1 Å². The molecular formula is C8H7N3O3S. The summed E-state index contributed by atoms with van der Waals surface area (Å²) in [6, 6.07) is 4.08. The van der Waals surface area contributed by atoms with Crippen molar-refractivity contribution >= 4 is 15.7 Å². The Labute approximate surface area is 86.3 Å². The lowest BCUT2D eigenvalue weighted by molar-refractivity contribution is 0.0995. The third-order valence-electron chi connectivity index (χ3n) is 1.58. The van der Waals surface area contributed by atoms with Gasteiger partial charge in [-0.1, -0.05) is 0 Å². The molecule has 15 heavy (non-hydrogen) atoms. The average Bonchev–Trinajstić information content (AvgIpc) is 2.15. The molecule has 0 bridgehead atoms. The fraction of sp³-hybridized carbons (Fsp3) is 0.125. The maximum Gasteiger partial charge on any atom is 0.267 e. The summed E-state index contributed by atoms with van der Waals surface area (Å²) in [5.41, 5.74) is 4.64. The number of carbonyl (C=O) groups is 1. The number of pyridine rings is 1. The molecule has 1 heterocycles. The lowest BCUT2D eigenvalue weighted by Crippen LogP contribution is -2.15. The molecule has 78 valence electrons. The van der Waals surface area contributed by atoms with Gasteiger partial charge in [0.2, 0.25) is 0 Å². The molecule has 0 aliphatic carbocycles. The Morgan fingerprint density at radius 2 is 2.13 bits per heavy atom. The van der Waals surface area contributed by atoms with Gasteiger partial charge in [0.25, 0.3) is 5.91 Å². The van der Waals surface area contributed by atoms with Crippen LogP contribution < -0.4 is 5.73 Å². The van der Waals surface area contributed by atoms with Crippen LogP contribution in [0.3, 0.4) is 0 Å². The number of nitrogens with zero attached hydrogens (tertiary/aromatic N) is 2. The van der Waals surface area contributed by atoms with E-state index in [9.17, 15) is 13.2 Å². The predicted molar refractivity (Wildman–Crippen MR) is 50.6 cm³/mol. The Kier molecular flexibility index (Phi) is 2.72. The van der Waals surface area contributed by atoms with Crippen molar-refractivity contribution in [1.82, 2.24) is 4.98 Å². The highest BCUT2D eigenvalue weighted by Crippen LogP contribution is 2.12. The summed E-state index contributed by atoms with van der Waals surface area (Å²) in [7, 11) is -3.64. The van der Waals surface area contributed by atoms with E-state index in [2.05, 4.69) is 4.98 Å². The molecule has 0 fully saturated rings. The topological polar surface area (TPSA) is 114 Å². The van der Waals surface area contributed by atoms with Crippen molar-refractivity contribution in [3.63, 3.8) is 0 Å². The molecule has 0 atom stereocenters. The lowest BCUT2D eigenvalue weighted by Gasteiger charge is -2.01. The minimum Gasteiger partial charge on any atom is -0.364 e. The Morgan fingerprint density at radius 3 is 2.53 bits per heavy atom. The second-order valence-corrected chi connectivity index (χ2v) is 4.73. The highest BCUT2D eigenvalue weighted by Gasteiger charge is 2.17. The van der Waals surface area contributed by atoms with Gasteiger partial charge in [-0.3, -0.25) is 4.79 Å². The number of carbonyl (C=O) groups excluding carboxylic acids is 1. The SMILES string of the molecule is CS(=O)(=O)c1nc(C(N)=O)ccc1C#N. The summed E-state index contributed by atoms with van der Waals surface area (Å²) in [4.78, 5) is 14.3. The number of hydrogen-bond acceptors (Lipinski definition) is 5. The van der Waals surface area contributed by atoms with E-state index in [0.29, 0.717) is 0 Å². The average molecular weight is 225 g/mol. The Bertz CT molecular complexity index is 557. The largest absolute Gasteiger partial charge is 0.364 e. The maximum atomic E-state index is 11.2. The van der Waals surface area contributed by atoms with E-state index < -0.39 is 20.8 Å². The third kappa shape index (κ3) is 2.30. The monoisotopic (exact) mass is 225 g/mol. The van der Waals surface area contributed by atoms with Gasteiger partial charge in [0.05, 0.1) is 5.56 Å². The first-order valence-electron chi connectivity index (χ1n) is 3.77. The zero-order valence-electron chi connectivity index (χ0n) is 7.76. The van der Waals surface area contributed by atoms with E-state index in [0.717, 1.165) is 6.26 Å². The first-order chi connectivity index (χ1) is 6.86. The molecule has 2 N–H and O–H groups in total. The molecule has 0 aromatic carbocycles. The van der Waals surface area contributed by atoms with Crippen LogP contribution in [0.1, 0.15) is 16.1 Å². The van der Waals surface area contributed by atoms with E-state index in [-0.39, 0.29) is 11.3 Å². The van der Waals surface area contributed by atoms with Gasteiger partial charge in [-0.25, -0.2) is 13.4 Å². The highest BCUT2D eigenvalue weighted by molar-refractivity contribution is 7.90. The summed E-state index contributed by atoms with van der Waals surface area (Å²) in [6.07, 6.45) is 0.904. The van der Waals surface area contributed by atoms with Gasteiger partial charge in [0.1, 0.15) is 11.8 Å². The molecule has 1 aromatic heterocycles. The quantitative estimate of drug-likeness (QED) is 0.725. The van der Waals surface area contributed by atoms with Gasteiger partial charge in [-0.2, -0.15) is 5.26 Å². The van der Waals surface area contributed by atoms with Crippen LogP contribution in [0, 0.1) is 11.3 Å². The molecule has 1 aromatic rings. The molecule has 0 radical (unpaired) electrons. The molecule has 1 amide bonds. The van der Waals surface area contributed by atoms with Crippen molar-refractivity contribution in [2.75, 3.05) is 6.26 Å². The second-order valence-electron chi connectivity index (χ2n) is 2.80. The van der Waals surface area contributed by atoms with E-state index in [1.54, 1.807) is 6.07 Å². The summed E-state index contributed by atoms with van der Waals surface area (Å²) < 4.78 is 22.4.